The summed E-state index contributed by atoms with van der Waals surface area (Å²) in [4.78, 5) is 14.3. The predicted octanol–water partition coefficient (Wildman–Crippen LogP) is 2.92. The van der Waals surface area contributed by atoms with Gasteiger partial charge in [0, 0.05) is 38.0 Å². The van der Waals surface area contributed by atoms with Gasteiger partial charge in [-0.3, -0.25) is 9.48 Å². The topological polar surface area (TPSA) is 47.4 Å². The first-order valence-electron chi connectivity index (χ1n) is 8.72. The van der Waals surface area contributed by atoms with Gasteiger partial charge in [-0.1, -0.05) is 12.1 Å². The van der Waals surface area contributed by atoms with Crippen LogP contribution in [0.2, 0.25) is 0 Å². The Bertz CT molecular complexity index is 726. The van der Waals surface area contributed by atoms with Gasteiger partial charge in [-0.05, 0) is 49.0 Å². The molecule has 0 spiro atoms. The smallest absolute Gasteiger partial charge is 0.246 e. The maximum atomic E-state index is 12.3. The predicted molar refractivity (Wildman–Crippen MR) is 98.2 cm³/mol. The van der Waals surface area contributed by atoms with Crippen LogP contribution in [0, 0.1) is 5.92 Å². The lowest BCUT2D eigenvalue weighted by atomic mass is 9.90. The van der Waals surface area contributed by atoms with Crippen molar-refractivity contribution in [3.63, 3.8) is 0 Å². The van der Waals surface area contributed by atoms with Gasteiger partial charge in [0.1, 0.15) is 5.75 Å². The fourth-order valence-electron chi connectivity index (χ4n) is 3.25. The molecule has 2 heterocycles. The lowest BCUT2D eigenvalue weighted by Crippen LogP contribution is -2.37. The van der Waals surface area contributed by atoms with Crippen molar-refractivity contribution in [1.82, 2.24) is 14.7 Å². The summed E-state index contributed by atoms with van der Waals surface area (Å²) in [5.74, 6) is 1.62. The minimum Gasteiger partial charge on any atom is -0.497 e. The Labute approximate surface area is 148 Å². The van der Waals surface area contributed by atoms with E-state index in [9.17, 15) is 4.79 Å². The summed E-state index contributed by atoms with van der Waals surface area (Å²) in [5.41, 5.74) is 2.28. The van der Waals surface area contributed by atoms with Crippen LogP contribution >= 0.6 is 0 Å². The molecular weight excluding hydrogens is 314 g/mol. The summed E-state index contributed by atoms with van der Waals surface area (Å²) in [6.45, 7) is 1.66. The first kappa shape index (κ1) is 17.3. The second kappa shape index (κ2) is 8.01. The van der Waals surface area contributed by atoms with Crippen LogP contribution in [-0.4, -0.2) is 40.8 Å². The number of aryl methyl sites for hydroxylation is 1. The van der Waals surface area contributed by atoms with Crippen LogP contribution in [0.1, 0.15) is 24.0 Å². The molecule has 1 aromatic carbocycles. The van der Waals surface area contributed by atoms with Gasteiger partial charge in [0.25, 0.3) is 0 Å². The minimum absolute atomic E-state index is 0.0896. The van der Waals surface area contributed by atoms with E-state index in [4.69, 9.17) is 4.74 Å². The molecule has 0 unspecified atom stereocenters. The van der Waals surface area contributed by atoms with Gasteiger partial charge < -0.3 is 9.64 Å². The van der Waals surface area contributed by atoms with Crippen LogP contribution in [0.3, 0.4) is 0 Å². The number of carbonyl (C=O) groups excluding carboxylic acids is 1. The quantitative estimate of drug-likeness (QED) is 0.787. The first-order valence-corrected chi connectivity index (χ1v) is 8.72. The summed E-state index contributed by atoms with van der Waals surface area (Å²) in [7, 11) is 3.55. The van der Waals surface area contributed by atoms with Gasteiger partial charge in [-0.15, -0.1) is 0 Å². The van der Waals surface area contributed by atoms with Gasteiger partial charge in [-0.25, -0.2) is 0 Å². The third-order valence-electron chi connectivity index (χ3n) is 4.75. The molecule has 0 bridgehead atoms. The zero-order chi connectivity index (χ0) is 17.6. The standard InChI is InChI=1S/C20H25N3O2/c1-22-15-18(14-21-22)5-8-20(24)23-11-9-17(10-12-23)13-16-3-6-19(25-2)7-4-16/h3-8,14-15,17H,9-13H2,1-2H3/b8-5-. The van der Waals surface area contributed by atoms with Crippen molar-refractivity contribution in [2.75, 3.05) is 20.2 Å². The zero-order valence-electron chi connectivity index (χ0n) is 14.9. The molecule has 0 N–H and O–H groups in total. The van der Waals surface area contributed by atoms with Crippen molar-refractivity contribution in [3.05, 3.63) is 53.9 Å². The molecule has 1 fully saturated rings. The van der Waals surface area contributed by atoms with E-state index in [-0.39, 0.29) is 5.91 Å². The minimum atomic E-state index is 0.0896. The molecule has 25 heavy (non-hydrogen) atoms. The van der Waals surface area contributed by atoms with Gasteiger partial charge in [0.15, 0.2) is 0 Å². The highest BCUT2D eigenvalue weighted by molar-refractivity contribution is 5.91. The van der Waals surface area contributed by atoms with Crippen molar-refractivity contribution < 1.29 is 9.53 Å². The van der Waals surface area contributed by atoms with E-state index >= 15 is 0 Å². The number of hydrogen-bond acceptors (Lipinski definition) is 3. The van der Waals surface area contributed by atoms with Crippen LogP contribution in [0.15, 0.2) is 42.7 Å². The van der Waals surface area contributed by atoms with Crippen LogP contribution in [0.5, 0.6) is 5.75 Å². The Hall–Kier alpha value is -2.56. The van der Waals surface area contributed by atoms with Crippen LogP contribution in [0.4, 0.5) is 0 Å². The van der Waals surface area contributed by atoms with Crippen molar-refractivity contribution in [2.45, 2.75) is 19.3 Å². The van der Waals surface area contributed by atoms with Crippen LogP contribution < -0.4 is 4.74 Å². The van der Waals surface area contributed by atoms with Gasteiger partial charge in [0.2, 0.25) is 5.91 Å². The van der Waals surface area contributed by atoms with Gasteiger partial charge in [0.05, 0.1) is 13.3 Å². The second-order valence-electron chi connectivity index (χ2n) is 6.60. The Kier molecular flexibility index (Phi) is 5.53. The van der Waals surface area contributed by atoms with E-state index in [0.717, 1.165) is 43.7 Å². The monoisotopic (exact) mass is 339 g/mol. The van der Waals surface area contributed by atoms with E-state index in [1.54, 1.807) is 24.1 Å². The summed E-state index contributed by atoms with van der Waals surface area (Å²) >= 11 is 0. The summed E-state index contributed by atoms with van der Waals surface area (Å²) in [6, 6.07) is 8.29. The van der Waals surface area contributed by atoms with E-state index in [2.05, 4.69) is 17.2 Å². The Morgan fingerprint density at radius 3 is 2.60 bits per heavy atom. The summed E-state index contributed by atoms with van der Waals surface area (Å²) in [6.07, 6.45) is 10.3. The van der Waals surface area contributed by atoms with Crippen molar-refractivity contribution >= 4 is 12.0 Å². The molecule has 1 amide bonds. The molecular formula is C20H25N3O2. The van der Waals surface area contributed by atoms with Crippen molar-refractivity contribution in [2.24, 2.45) is 13.0 Å². The molecule has 5 nitrogen and oxygen atoms in total. The van der Waals surface area contributed by atoms with Crippen molar-refractivity contribution in [1.29, 1.82) is 0 Å². The molecule has 0 radical (unpaired) electrons. The summed E-state index contributed by atoms with van der Waals surface area (Å²) in [5, 5.41) is 4.10. The van der Waals surface area contributed by atoms with E-state index in [1.807, 2.05) is 36.4 Å². The average molecular weight is 339 g/mol. The Balaban J connectivity index is 1.47. The first-order chi connectivity index (χ1) is 12.1. The second-order valence-corrected chi connectivity index (χ2v) is 6.60. The number of benzene rings is 1. The third-order valence-corrected chi connectivity index (χ3v) is 4.75. The lowest BCUT2D eigenvalue weighted by Gasteiger charge is -2.31. The number of hydrogen-bond donors (Lipinski definition) is 0. The van der Waals surface area contributed by atoms with Gasteiger partial charge in [-0.2, -0.15) is 5.10 Å². The number of aromatic nitrogens is 2. The molecule has 132 valence electrons. The van der Waals surface area contributed by atoms with E-state index < -0.39 is 0 Å². The largest absolute Gasteiger partial charge is 0.497 e. The molecule has 0 saturated carbocycles. The number of carbonyl (C=O) groups is 1. The number of amides is 1. The molecule has 1 aromatic heterocycles. The normalized spacial score (nSPS) is 15.7. The highest BCUT2D eigenvalue weighted by Gasteiger charge is 2.21. The molecule has 3 rings (SSSR count). The molecule has 2 aromatic rings. The highest BCUT2D eigenvalue weighted by atomic mass is 16.5. The SMILES string of the molecule is COc1ccc(CC2CCN(C(=O)/C=C\c3cnn(C)c3)CC2)cc1. The molecule has 5 heteroatoms. The molecule has 0 atom stereocenters. The fourth-order valence-corrected chi connectivity index (χ4v) is 3.25. The van der Waals surface area contributed by atoms with E-state index in [0.29, 0.717) is 5.92 Å². The van der Waals surface area contributed by atoms with Crippen LogP contribution in [-0.2, 0) is 18.3 Å². The molecule has 1 saturated heterocycles. The zero-order valence-corrected chi connectivity index (χ0v) is 14.9. The number of rotatable bonds is 5. The lowest BCUT2D eigenvalue weighted by molar-refractivity contribution is -0.127. The van der Waals surface area contributed by atoms with Crippen LogP contribution in [0.25, 0.3) is 6.08 Å². The maximum absolute atomic E-state index is 12.3. The van der Waals surface area contributed by atoms with Gasteiger partial charge >= 0.3 is 0 Å². The number of likely N-dealkylation sites (tertiary alicyclic amines) is 1. The highest BCUT2D eigenvalue weighted by Crippen LogP contribution is 2.23. The molecule has 1 aliphatic heterocycles. The average Bonchev–Trinajstić information content (AvgIpc) is 3.06. The number of methoxy groups -OCH3 is 1. The molecule has 1 aliphatic rings. The Morgan fingerprint density at radius 1 is 1.28 bits per heavy atom. The summed E-state index contributed by atoms with van der Waals surface area (Å²) < 4.78 is 6.93. The number of nitrogens with zero attached hydrogens (tertiary/aromatic N) is 3. The maximum Gasteiger partial charge on any atom is 0.246 e. The number of piperidine rings is 1. The van der Waals surface area contributed by atoms with Crippen molar-refractivity contribution in [3.8, 4) is 5.75 Å². The number of ether oxygens (including phenoxy) is 1. The Morgan fingerprint density at radius 2 is 2.00 bits per heavy atom. The van der Waals surface area contributed by atoms with E-state index in [1.165, 1.54) is 5.56 Å². The fraction of sp³-hybridized carbons (Fsp3) is 0.400. The third kappa shape index (κ3) is 4.72. The molecule has 0 aliphatic carbocycles.